The molecular weight excluding hydrogens is 320 g/mol. The summed E-state index contributed by atoms with van der Waals surface area (Å²) < 4.78 is 0. The molecule has 144 valence electrons. The number of rotatable bonds is 16. The molecule has 1 heterocycles. The van der Waals surface area contributed by atoms with Crippen molar-refractivity contribution in [2.75, 3.05) is 0 Å². The molecule has 0 unspecified atom stereocenters. The highest BCUT2D eigenvalue weighted by Gasteiger charge is 2.54. The maximum absolute atomic E-state index is 2.38. The summed E-state index contributed by atoms with van der Waals surface area (Å²) in [6.07, 6.45) is 17.9. The van der Waals surface area contributed by atoms with Gasteiger partial charge in [0.1, 0.15) is 0 Å². The average Bonchev–Trinajstić information content (AvgIpc) is 2.54. The molecule has 0 saturated carbocycles. The summed E-state index contributed by atoms with van der Waals surface area (Å²) in [5, 5.41) is 0. The van der Waals surface area contributed by atoms with E-state index in [-0.39, 0.29) is 0 Å². The second kappa shape index (κ2) is 12.7. The average molecular weight is 369 g/mol. The molecule has 0 nitrogen and oxygen atoms in total. The van der Waals surface area contributed by atoms with Crippen molar-refractivity contribution in [1.29, 1.82) is 0 Å². The Labute approximate surface area is 156 Å². The van der Waals surface area contributed by atoms with Crippen LogP contribution in [0, 0.1) is 0 Å². The van der Waals surface area contributed by atoms with Gasteiger partial charge in [-0.2, -0.15) is 0 Å². The zero-order valence-corrected chi connectivity index (χ0v) is 19.7. The maximum Gasteiger partial charge on any atom is 0.0483 e. The van der Waals surface area contributed by atoms with Gasteiger partial charge >= 0.3 is 0 Å². The van der Waals surface area contributed by atoms with Gasteiger partial charge in [0.05, 0.1) is 0 Å². The third-order valence-electron chi connectivity index (χ3n) is 6.74. The Bertz CT molecular complexity index is 242. The quantitative estimate of drug-likeness (QED) is 0.189. The fourth-order valence-electron chi connectivity index (χ4n) is 5.50. The molecule has 24 heavy (non-hydrogen) atoms. The molecule has 0 aliphatic carbocycles. The van der Waals surface area contributed by atoms with E-state index in [9.17, 15) is 0 Å². The van der Waals surface area contributed by atoms with Gasteiger partial charge in [0.2, 0.25) is 0 Å². The van der Waals surface area contributed by atoms with E-state index in [0.29, 0.717) is 0 Å². The number of unbranched alkanes of at least 4 members (excludes halogenated alkanes) is 8. The molecule has 1 rings (SSSR count). The molecule has 0 N–H and O–H groups in total. The van der Waals surface area contributed by atoms with Gasteiger partial charge in [-0.1, -0.05) is 140 Å². The van der Waals surface area contributed by atoms with Crippen LogP contribution in [0.2, 0.25) is 35.5 Å². The Kier molecular flexibility index (Phi) is 11.9. The van der Waals surface area contributed by atoms with Gasteiger partial charge in [-0.25, -0.2) is 0 Å². The van der Waals surface area contributed by atoms with Crippen molar-refractivity contribution >= 4 is 16.1 Å². The smallest absolute Gasteiger partial charge is 0.0483 e. The second-order valence-electron chi connectivity index (χ2n) is 9.18. The highest BCUT2D eigenvalue weighted by molar-refractivity contribution is 7.13. The van der Waals surface area contributed by atoms with E-state index in [2.05, 4.69) is 27.7 Å². The number of hydrogen-bond donors (Lipinski definition) is 0. The first-order chi connectivity index (χ1) is 11.7. The van der Waals surface area contributed by atoms with Gasteiger partial charge in [-0.15, -0.1) is 0 Å². The predicted molar refractivity (Wildman–Crippen MR) is 118 cm³/mol. The van der Waals surface area contributed by atoms with Crippen LogP contribution in [0.25, 0.3) is 0 Å². The van der Waals surface area contributed by atoms with Gasteiger partial charge < -0.3 is 0 Å². The lowest BCUT2D eigenvalue weighted by atomic mass is 10.3. The summed E-state index contributed by atoms with van der Waals surface area (Å²) in [5.41, 5.74) is 3.72. The first-order valence-electron chi connectivity index (χ1n) is 11.7. The van der Waals surface area contributed by atoms with E-state index in [1.807, 2.05) is 11.3 Å². The van der Waals surface area contributed by atoms with Gasteiger partial charge in [-0.3, -0.25) is 0 Å². The van der Waals surface area contributed by atoms with Crippen LogP contribution < -0.4 is 0 Å². The zero-order valence-electron chi connectivity index (χ0n) is 17.7. The lowest BCUT2D eigenvalue weighted by Gasteiger charge is -2.55. The molecule has 1 saturated heterocycles. The fraction of sp³-hybridized carbons (Fsp3) is 1.00. The van der Waals surface area contributed by atoms with Crippen molar-refractivity contribution in [2.45, 2.75) is 140 Å². The summed E-state index contributed by atoms with van der Waals surface area (Å²) in [6.45, 7) is 9.50. The van der Waals surface area contributed by atoms with Gasteiger partial charge in [-0.05, 0) is 0 Å². The molecule has 0 bridgehead atoms. The van der Waals surface area contributed by atoms with Gasteiger partial charge in [0.25, 0.3) is 0 Å². The van der Waals surface area contributed by atoms with Crippen molar-refractivity contribution in [1.82, 2.24) is 0 Å². The normalized spacial score (nSPS) is 18.5. The second-order valence-corrected chi connectivity index (χ2v) is 20.0. The van der Waals surface area contributed by atoms with E-state index in [4.69, 9.17) is 0 Å². The molecule has 1 aliphatic rings. The minimum absolute atomic E-state index is 0.811. The molecule has 0 radical (unpaired) electrons. The highest BCUT2D eigenvalue weighted by Crippen LogP contribution is 2.52. The molecule has 0 atom stereocenters. The van der Waals surface area contributed by atoms with E-state index >= 15 is 0 Å². The Balaban J connectivity index is 2.58. The van der Waals surface area contributed by atoms with Crippen molar-refractivity contribution in [3.63, 3.8) is 0 Å². The highest BCUT2D eigenvalue weighted by atomic mass is 28.5. The first-order valence-corrected chi connectivity index (χ1v) is 17.3. The predicted octanol–water partition coefficient (Wildman–Crippen LogP) is 8.74. The molecule has 0 aromatic carbocycles. The largest absolute Gasteiger partial charge is 0.0654 e. The summed E-state index contributed by atoms with van der Waals surface area (Å²) in [4.78, 5) is 0. The Morgan fingerprint density at radius 1 is 0.417 bits per heavy atom. The number of hydrogen-bond acceptors (Lipinski definition) is 0. The van der Waals surface area contributed by atoms with E-state index in [1.165, 1.54) is 51.4 Å². The molecule has 0 spiro atoms. The van der Waals surface area contributed by atoms with Crippen molar-refractivity contribution in [2.24, 2.45) is 0 Å². The third kappa shape index (κ3) is 7.76. The standard InChI is InChI=1S/C22H48Si2/c1-5-9-13-17-23(18-14-10-6-2)21-24(22-23,19-15-11-7-3)20-16-12-8-4/h5-22H2,1-4H3. The Morgan fingerprint density at radius 2 is 0.667 bits per heavy atom. The molecule has 0 amide bonds. The van der Waals surface area contributed by atoms with Crippen LogP contribution >= 0.6 is 0 Å². The minimum Gasteiger partial charge on any atom is -0.0654 e. The molecule has 1 fully saturated rings. The Morgan fingerprint density at radius 3 is 0.875 bits per heavy atom. The van der Waals surface area contributed by atoms with Crippen LogP contribution in [0.4, 0.5) is 0 Å². The topological polar surface area (TPSA) is 0 Å². The van der Waals surface area contributed by atoms with Crippen LogP contribution in [0.15, 0.2) is 0 Å². The first kappa shape index (κ1) is 22.5. The summed E-state index contributed by atoms with van der Waals surface area (Å²) in [6, 6.07) is 6.84. The minimum atomic E-state index is -0.811. The maximum atomic E-state index is 2.38. The molecule has 0 aromatic rings. The summed E-state index contributed by atoms with van der Waals surface area (Å²) in [7, 11) is -1.62. The van der Waals surface area contributed by atoms with Crippen LogP contribution in [-0.4, -0.2) is 16.1 Å². The van der Waals surface area contributed by atoms with Crippen molar-refractivity contribution in [3.05, 3.63) is 0 Å². The van der Waals surface area contributed by atoms with Crippen molar-refractivity contribution < 1.29 is 0 Å². The molecule has 0 aromatic heterocycles. The van der Waals surface area contributed by atoms with Crippen LogP contribution in [0.1, 0.15) is 105 Å². The van der Waals surface area contributed by atoms with Gasteiger partial charge in [0, 0.05) is 16.1 Å². The molecular formula is C22H48Si2. The van der Waals surface area contributed by atoms with Crippen LogP contribution in [0.3, 0.4) is 0 Å². The summed E-state index contributed by atoms with van der Waals surface area (Å²) in [5.74, 6) is 0. The monoisotopic (exact) mass is 368 g/mol. The Hall–Kier alpha value is 0.434. The van der Waals surface area contributed by atoms with E-state index in [0.717, 1.165) is 0 Å². The van der Waals surface area contributed by atoms with E-state index < -0.39 is 16.1 Å². The SMILES string of the molecule is CCCCC[Si]1(CCCCC)C[Si](CCCCC)(CCCCC)C1. The molecule has 2 heteroatoms. The third-order valence-corrected chi connectivity index (χ3v) is 24.4. The lowest BCUT2D eigenvalue weighted by molar-refractivity contribution is 0.716. The fourth-order valence-corrected chi connectivity index (χ4v) is 28.0. The molecule has 1 aliphatic heterocycles. The van der Waals surface area contributed by atoms with Gasteiger partial charge in [0.15, 0.2) is 0 Å². The van der Waals surface area contributed by atoms with Crippen LogP contribution in [-0.2, 0) is 0 Å². The van der Waals surface area contributed by atoms with E-state index in [1.54, 1.807) is 49.9 Å². The lowest BCUT2D eigenvalue weighted by Crippen LogP contribution is -2.62. The summed E-state index contributed by atoms with van der Waals surface area (Å²) >= 11 is 0. The van der Waals surface area contributed by atoms with Crippen molar-refractivity contribution in [3.8, 4) is 0 Å². The van der Waals surface area contributed by atoms with Crippen LogP contribution in [0.5, 0.6) is 0 Å². The zero-order chi connectivity index (χ0) is 17.7.